The van der Waals surface area contributed by atoms with Gasteiger partial charge in [0.05, 0.1) is 12.4 Å². The zero-order chi connectivity index (χ0) is 24.7. The maximum Gasteiger partial charge on any atom is 0.328 e. The summed E-state index contributed by atoms with van der Waals surface area (Å²) < 4.78 is 24.0. The number of aromatic hydroxyl groups is 1. The molecule has 0 aliphatic carbocycles. The molecular weight excluding hydrogens is 459 g/mol. The summed E-state index contributed by atoms with van der Waals surface area (Å²) in [5, 5.41) is 12.3. The molecule has 3 aromatic rings. The van der Waals surface area contributed by atoms with Gasteiger partial charge in [0.1, 0.15) is 18.0 Å². The molecule has 34 heavy (non-hydrogen) atoms. The van der Waals surface area contributed by atoms with Crippen LogP contribution in [0.15, 0.2) is 71.8 Å². The second kappa shape index (κ2) is 11.5. The van der Waals surface area contributed by atoms with Gasteiger partial charge in [0.2, 0.25) is 0 Å². The molecule has 0 spiro atoms. The SMILES string of the molecule is COc1ccnc(C(=O)N[C@@H](C)C(=O)O[C@@H](C)[C@H](Sc2ccc(F)cc2)c2ccccc2)c1O. The van der Waals surface area contributed by atoms with Gasteiger partial charge in [-0.3, -0.25) is 4.79 Å². The molecule has 178 valence electrons. The highest BCUT2D eigenvalue weighted by molar-refractivity contribution is 7.99. The summed E-state index contributed by atoms with van der Waals surface area (Å²) in [5.74, 6) is -2.05. The van der Waals surface area contributed by atoms with Gasteiger partial charge < -0.3 is 19.9 Å². The average Bonchev–Trinajstić information content (AvgIpc) is 2.84. The van der Waals surface area contributed by atoms with Crippen molar-refractivity contribution in [1.29, 1.82) is 0 Å². The van der Waals surface area contributed by atoms with Crippen LogP contribution in [-0.4, -0.2) is 41.2 Å². The highest BCUT2D eigenvalue weighted by atomic mass is 32.2. The van der Waals surface area contributed by atoms with Crippen LogP contribution in [0.1, 0.15) is 35.1 Å². The molecule has 0 saturated carbocycles. The number of aromatic nitrogens is 1. The quantitative estimate of drug-likeness (QED) is 0.340. The van der Waals surface area contributed by atoms with Crippen LogP contribution in [-0.2, 0) is 9.53 Å². The summed E-state index contributed by atoms with van der Waals surface area (Å²) >= 11 is 1.44. The Balaban J connectivity index is 1.70. The molecule has 0 saturated heterocycles. The first kappa shape index (κ1) is 25.0. The van der Waals surface area contributed by atoms with Crippen molar-refractivity contribution in [1.82, 2.24) is 10.3 Å². The molecule has 0 unspecified atom stereocenters. The highest BCUT2D eigenvalue weighted by Gasteiger charge is 2.28. The largest absolute Gasteiger partial charge is 0.503 e. The lowest BCUT2D eigenvalue weighted by molar-refractivity contribution is -0.150. The van der Waals surface area contributed by atoms with Gasteiger partial charge in [-0.1, -0.05) is 30.3 Å². The van der Waals surface area contributed by atoms with Crippen molar-refractivity contribution < 1.29 is 28.6 Å². The Morgan fingerprint density at radius 2 is 1.74 bits per heavy atom. The Morgan fingerprint density at radius 1 is 1.06 bits per heavy atom. The van der Waals surface area contributed by atoms with E-state index in [2.05, 4.69) is 10.3 Å². The van der Waals surface area contributed by atoms with E-state index >= 15 is 0 Å². The monoisotopic (exact) mass is 484 g/mol. The Hall–Kier alpha value is -3.59. The molecule has 3 atom stereocenters. The van der Waals surface area contributed by atoms with Crippen LogP contribution in [0, 0.1) is 5.82 Å². The van der Waals surface area contributed by atoms with Gasteiger partial charge in [0.15, 0.2) is 17.2 Å². The number of methoxy groups -OCH3 is 1. The van der Waals surface area contributed by atoms with Gasteiger partial charge in [0, 0.05) is 17.2 Å². The smallest absolute Gasteiger partial charge is 0.328 e. The van der Waals surface area contributed by atoms with Gasteiger partial charge in [-0.15, -0.1) is 11.8 Å². The molecule has 1 heterocycles. The van der Waals surface area contributed by atoms with Crippen LogP contribution in [0.3, 0.4) is 0 Å². The molecule has 0 aliphatic heterocycles. The minimum Gasteiger partial charge on any atom is -0.503 e. The predicted molar refractivity (Wildman–Crippen MR) is 126 cm³/mol. The number of thioether (sulfide) groups is 1. The van der Waals surface area contributed by atoms with Gasteiger partial charge >= 0.3 is 5.97 Å². The number of pyridine rings is 1. The number of hydrogen-bond acceptors (Lipinski definition) is 7. The third-order valence-electron chi connectivity index (χ3n) is 4.96. The molecule has 1 aromatic heterocycles. The van der Waals surface area contributed by atoms with Gasteiger partial charge in [-0.25, -0.2) is 14.2 Å². The van der Waals surface area contributed by atoms with Crippen molar-refractivity contribution in [3.05, 3.63) is 83.9 Å². The van der Waals surface area contributed by atoms with Crippen LogP contribution in [0.2, 0.25) is 0 Å². The lowest BCUT2D eigenvalue weighted by Gasteiger charge is -2.25. The zero-order valence-electron chi connectivity index (χ0n) is 18.9. The van der Waals surface area contributed by atoms with Crippen LogP contribution in [0.25, 0.3) is 0 Å². The van der Waals surface area contributed by atoms with Crippen molar-refractivity contribution in [3.8, 4) is 11.5 Å². The Bertz CT molecular complexity index is 1130. The van der Waals surface area contributed by atoms with E-state index in [4.69, 9.17) is 9.47 Å². The minimum atomic E-state index is -1.01. The molecule has 7 nitrogen and oxygen atoms in total. The first-order valence-electron chi connectivity index (χ1n) is 10.5. The van der Waals surface area contributed by atoms with E-state index in [0.717, 1.165) is 10.5 Å². The fraction of sp³-hybridized carbons (Fsp3) is 0.240. The summed E-state index contributed by atoms with van der Waals surface area (Å²) in [6, 6.07) is 16.0. The van der Waals surface area contributed by atoms with E-state index in [9.17, 15) is 19.1 Å². The number of benzene rings is 2. The van der Waals surface area contributed by atoms with E-state index in [0.29, 0.717) is 0 Å². The molecule has 3 rings (SSSR count). The number of nitrogens with one attached hydrogen (secondary N) is 1. The summed E-state index contributed by atoms with van der Waals surface area (Å²) in [6.45, 7) is 3.24. The summed E-state index contributed by atoms with van der Waals surface area (Å²) in [6.07, 6.45) is 0.739. The topological polar surface area (TPSA) is 97.8 Å². The van der Waals surface area contributed by atoms with Crippen LogP contribution >= 0.6 is 11.8 Å². The van der Waals surface area contributed by atoms with Crippen LogP contribution in [0.4, 0.5) is 4.39 Å². The number of carbonyl (C=O) groups is 2. The first-order chi connectivity index (χ1) is 16.3. The van der Waals surface area contributed by atoms with E-state index < -0.39 is 29.8 Å². The molecule has 1 amide bonds. The molecule has 2 N–H and O–H groups in total. The van der Waals surface area contributed by atoms with E-state index in [1.54, 1.807) is 19.1 Å². The fourth-order valence-electron chi connectivity index (χ4n) is 3.18. The number of carbonyl (C=O) groups excluding carboxylic acids is 2. The van der Waals surface area contributed by atoms with Crippen molar-refractivity contribution >= 4 is 23.6 Å². The van der Waals surface area contributed by atoms with E-state index in [-0.39, 0.29) is 22.5 Å². The van der Waals surface area contributed by atoms with E-state index in [1.165, 1.54) is 50.2 Å². The number of esters is 1. The number of hydrogen-bond donors (Lipinski definition) is 2. The Labute approximate surface area is 201 Å². The number of nitrogens with zero attached hydrogens (tertiary/aromatic N) is 1. The minimum absolute atomic E-state index is 0.0903. The third-order valence-corrected chi connectivity index (χ3v) is 6.41. The normalized spacial score (nSPS) is 13.4. The molecule has 2 aromatic carbocycles. The van der Waals surface area contributed by atoms with Crippen molar-refractivity contribution in [2.75, 3.05) is 7.11 Å². The summed E-state index contributed by atoms with van der Waals surface area (Å²) in [7, 11) is 1.35. The number of ether oxygens (including phenoxy) is 2. The van der Waals surface area contributed by atoms with Gasteiger partial charge in [0.25, 0.3) is 5.91 Å². The lowest BCUT2D eigenvalue weighted by Crippen LogP contribution is -2.41. The van der Waals surface area contributed by atoms with Crippen LogP contribution < -0.4 is 10.1 Å². The molecule has 0 aliphatic rings. The predicted octanol–water partition coefficient (Wildman–Crippen LogP) is 4.52. The van der Waals surface area contributed by atoms with Crippen molar-refractivity contribution in [2.24, 2.45) is 0 Å². The van der Waals surface area contributed by atoms with Gasteiger partial charge in [-0.2, -0.15) is 0 Å². The van der Waals surface area contributed by atoms with Crippen molar-refractivity contribution in [2.45, 2.75) is 36.1 Å². The van der Waals surface area contributed by atoms with E-state index in [1.807, 2.05) is 30.3 Å². The molecule has 9 heteroatoms. The second-order valence-corrected chi connectivity index (χ2v) is 8.67. The molecular formula is C25H25FN2O5S. The van der Waals surface area contributed by atoms with Crippen LogP contribution in [0.5, 0.6) is 11.5 Å². The average molecular weight is 485 g/mol. The maximum atomic E-state index is 13.3. The fourth-order valence-corrected chi connectivity index (χ4v) is 4.30. The first-order valence-corrected chi connectivity index (χ1v) is 11.4. The Kier molecular flexibility index (Phi) is 8.48. The molecule has 0 radical (unpaired) electrons. The number of rotatable bonds is 9. The standard InChI is InChI=1S/C25H25FN2O5S/c1-15(28-24(30)21-22(29)20(32-3)13-14-27-21)25(31)33-16(2)23(17-7-5-4-6-8-17)34-19-11-9-18(26)10-12-19/h4-16,23,29H,1-3H3,(H,28,30)/t15-,16-,23-/m0/s1. The maximum absolute atomic E-state index is 13.3. The van der Waals surface area contributed by atoms with Gasteiger partial charge in [-0.05, 0) is 43.7 Å². The number of amides is 1. The second-order valence-electron chi connectivity index (χ2n) is 7.45. The zero-order valence-corrected chi connectivity index (χ0v) is 19.7. The molecule has 0 bridgehead atoms. The highest BCUT2D eigenvalue weighted by Crippen LogP contribution is 2.39. The number of halogens is 1. The summed E-state index contributed by atoms with van der Waals surface area (Å²) in [4.78, 5) is 30.0. The molecule has 0 fully saturated rings. The Morgan fingerprint density at radius 3 is 2.38 bits per heavy atom. The lowest BCUT2D eigenvalue weighted by atomic mass is 10.1. The van der Waals surface area contributed by atoms with Crippen molar-refractivity contribution in [3.63, 3.8) is 0 Å². The third kappa shape index (κ3) is 6.26. The summed E-state index contributed by atoms with van der Waals surface area (Å²) in [5.41, 5.74) is 0.667.